The van der Waals surface area contributed by atoms with Gasteiger partial charge in [0, 0.05) is 12.0 Å². The van der Waals surface area contributed by atoms with Crippen LogP contribution < -0.4 is 5.32 Å². The average Bonchev–Trinajstić information content (AvgIpc) is 3.01. The Morgan fingerprint density at radius 1 is 1.24 bits per heavy atom. The standard InChI is InChI=1S/C17H19F2NO/c1-10-7-14(10)17-6-4-13(21-17)9-20-11(2)12-3-5-15(18)16(19)8-12/h3-6,8,10-11,14,20H,7,9H2,1-2H3. The molecule has 21 heavy (non-hydrogen) atoms. The van der Waals surface area contributed by atoms with Gasteiger partial charge in [0.25, 0.3) is 0 Å². The second kappa shape index (κ2) is 5.60. The molecule has 1 saturated carbocycles. The van der Waals surface area contributed by atoms with Crippen LogP contribution in [0.2, 0.25) is 0 Å². The molecule has 3 rings (SSSR count). The van der Waals surface area contributed by atoms with Crippen LogP contribution in [-0.2, 0) is 6.54 Å². The molecule has 0 bridgehead atoms. The first-order chi connectivity index (χ1) is 10.0. The maximum atomic E-state index is 13.2. The molecular weight excluding hydrogens is 272 g/mol. The summed E-state index contributed by atoms with van der Waals surface area (Å²) in [6.45, 7) is 4.71. The van der Waals surface area contributed by atoms with Crippen LogP contribution in [0.1, 0.15) is 49.3 Å². The Labute approximate surface area is 123 Å². The van der Waals surface area contributed by atoms with Gasteiger partial charge in [-0.15, -0.1) is 0 Å². The number of furan rings is 1. The van der Waals surface area contributed by atoms with E-state index in [0.29, 0.717) is 12.5 Å². The van der Waals surface area contributed by atoms with Crippen molar-refractivity contribution in [3.05, 3.63) is 59.1 Å². The summed E-state index contributed by atoms with van der Waals surface area (Å²) in [5, 5.41) is 3.26. The highest BCUT2D eigenvalue weighted by atomic mass is 19.2. The Kier molecular flexibility index (Phi) is 3.81. The molecule has 112 valence electrons. The summed E-state index contributed by atoms with van der Waals surface area (Å²) in [4.78, 5) is 0. The zero-order chi connectivity index (χ0) is 15.0. The molecule has 4 heteroatoms. The Morgan fingerprint density at radius 3 is 2.67 bits per heavy atom. The summed E-state index contributed by atoms with van der Waals surface area (Å²) in [6, 6.07) is 7.91. The van der Waals surface area contributed by atoms with Crippen molar-refractivity contribution < 1.29 is 13.2 Å². The predicted octanol–water partition coefficient (Wildman–Crippen LogP) is 4.53. The molecular formula is C17H19F2NO. The third kappa shape index (κ3) is 3.16. The van der Waals surface area contributed by atoms with Gasteiger partial charge in [0.15, 0.2) is 11.6 Å². The summed E-state index contributed by atoms with van der Waals surface area (Å²) in [7, 11) is 0. The number of hydrogen-bond donors (Lipinski definition) is 1. The first-order valence-electron chi connectivity index (χ1n) is 7.31. The summed E-state index contributed by atoms with van der Waals surface area (Å²) in [5.41, 5.74) is 0.719. The van der Waals surface area contributed by atoms with Crippen molar-refractivity contribution >= 4 is 0 Å². The Morgan fingerprint density at radius 2 is 2.00 bits per heavy atom. The van der Waals surface area contributed by atoms with Crippen molar-refractivity contribution in [1.29, 1.82) is 0 Å². The number of hydrogen-bond acceptors (Lipinski definition) is 2. The summed E-state index contributed by atoms with van der Waals surface area (Å²) >= 11 is 0. The Hall–Kier alpha value is -1.68. The molecule has 1 N–H and O–H groups in total. The van der Waals surface area contributed by atoms with Crippen molar-refractivity contribution in [3.63, 3.8) is 0 Å². The van der Waals surface area contributed by atoms with Gasteiger partial charge in [0.1, 0.15) is 11.5 Å². The van der Waals surface area contributed by atoms with Crippen LogP contribution in [-0.4, -0.2) is 0 Å². The van der Waals surface area contributed by atoms with Crippen LogP contribution in [0.15, 0.2) is 34.7 Å². The van der Waals surface area contributed by atoms with E-state index in [-0.39, 0.29) is 6.04 Å². The maximum absolute atomic E-state index is 13.2. The first kappa shape index (κ1) is 14.3. The molecule has 1 fully saturated rings. The van der Waals surface area contributed by atoms with E-state index in [0.717, 1.165) is 29.1 Å². The van der Waals surface area contributed by atoms with Gasteiger partial charge in [-0.3, -0.25) is 0 Å². The van der Waals surface area contributed by atoms with Crippen LogP contribution in [0.3, 0.4) is 0 Å². The molecule has 0 spiro atoms. The lowest BCUT2D eigenvalue weighted by atomic mass is 10.1. The Balaban J connectivity index is 1.58. The van der Waals surface area contributed by atoms with E-state index in [4.69, 9.17) is 4.42 Å². The monoisotopic (exact) mass is 291 g/mol. The number of rotatable bonds is 5. The van der Waals surface area contributed by atoms with E-state index in [2.05, 4.69) is 12.2 Å². The van der Waals surface area contributed by atoms with Gasteiger partial charge in [-0.05, 0) is 49.1 Å². The third-order valence-corrected chi connectivity index (χ3v) is 4.18. The van der Waals surface area contributed by atoms with Gasteiger partial charge in [-0.1, -0.05) is 13.0 Å². The van der Waals surface area contributed by atoms with Crippen molar-refractivity contribution in [2.75, 3.05) is 0 Å². The van der Waals surface area contributed by atoms with E-state index in [1.165, 1.54) is 12.5 Å². The van der Waals surface area contributed by atoms with E-state index in [9.17, 15) is 8.78 Å². The zero-order valence-electron chi connectivity index (χ0n) is 12.2. The van der Waals surface area contributed by atoms with Crippen LogP contribution in [0.4, 0.5) is 8.78 Å². The summed E-state index contributed by atoms with van der Waals surface area (Å²) in [5.74, 6) is 1.59. The van der Waals surface area contributed by atoms with Crippen molar-refractivity contribution in [2.24, 2.45) is 5.92 Å². The Bertz CT molecular complexity index is 637. The second-order valence-electron chi connectivity index (χ2n) is 5.90. The van der Waals surface area contributed by atoms with E-state index in [1.54, 1.807) is 6.07 Å². The molecule has 1 aromatic carbocycles. The number of benzene rings is 1. The summed E-state index contributed by atoms with van der Waals surface area (Å²) in [6.07, 6.45) is 1.20. The SMILES string of the molecule is CC(NCc1ccc(C2CC2C)o1)c1ccc(F)c(F)c1. The van der Waals surface area contributed by atoms with E-state index < -0.39 is 11.6 Å². The number of halogens is 2. The normalized spacial score (nSPS) is 22.3. The lowest BCUT2D eigenvalue weighted by molar-refractivity contribution is 0.429. The summed E-state index contributed by atoms with van der Waals surface area (Å²) < 4.78 is 31.9. The van der Waals surface area contributed by atoms with Gasteiger partial charge in [-0.25, -0.2) is 8.78 Å². The average molecular weight is 291 g/mol. The van der Waals surface area contributed by atoms with E-state index in [1.807, 2.05) is 19.1 Å². The van der Waals surface area contributed by atoms with Gasteiger partial charge in [0.2, 0.25) is 0 Å². The van der Waals surface area contributed by atoms with Crippen LogP contribution in [0.25, 0.3) is 0 Å². The van der Waals surface area contributed by atoms with Gasteiger partial charge >= 0.3 is 0 Å². The predicted molar refractivity (Wildman–Crippen MR) is 76.8 cm³/mol. The molecule has 0 amide bonds. The lowest BCUT2D eigenvalue weighted by Gasteiger charge is -2.13. The molecule has 0 saturated heterocycles. The minimum Gasteiger partial charge on any atom is -0.464 e. The molecule has 0 radical (unpaired) electrons. The molecule has 0 aliphatic heterocycles. The topological polar surface area (TPSA) is 25.2 Å². The number of nitrogens with one attached hydrogen (secondary N) is 1. The highest BCUT2D eigenvalue weighted by molar-refractivity contribution is 5.21. The van der Waals surface area contributed by atoms with Gasteiger partial charge in [0.05, 0.1) is 6.54 Å². The minimum atomic E-state index is -0.819. The third-order valence-electron chi connectivity index (χ3n) is 4.18. The second-order valence-corrected chi connectivity index (χ2v) is 5.90. The largest absolute Gasteiger partial charge is 0.464 e. The van der Waals surface area contributed by atoms with Crippen molar-refractivity contribution in [2.45, 2.75) is 38.8 Å². The zero-order valence-corrected chi connectivity index (χ0v) is 12.2. The fourth-order valence-electron chi connectivity index (χ4n) is 2.56. The molecule has 3 unspecified atom stereocenters. The van der Waals surface area contributed by atoms with Crippen LogP contribution in [0, 0.1) is 17.6 Å². The minimum absolute atomic E-state index is 0.0755. The fourth-order valence-corrected chi connectivity index (χ4v) is 2.56. The smallest absolute Gasteiger partial charge is 0.159 e. The molecule has 3 atom stereocenters. The fraction of sp³-hybridized carbons (Fsp3) is 0.412. The van der Waals surface area contributed by atoms with Crippen molar-refractivity contribution in [3.8, 4) is 0 Å². The van der Waals surface area contributed by atoms with Crippen LogP contribution in [0.5, 0.6) is 0 Å². The highest BCUT2D eigenvalue weighted by Gasteiger charge is 2.36. The quantitative estimate of drug-likeness (QED) is 0.875. The molecule has 1 aliphatic rings. The van der Waals surface area contributed by atoms with Crippen molar-refractivity contribution in [1.82, 2.24) is 5.32 Å². The van der Waals surface area contributed by atoms with Crippen LogP contribution >= 0.6 is 0 Å². The van der Waals surface area contributed by atoms with Gasteiger partial charge in [-0.2, -0.15) is 0 Å². The molecule has 1 aliphatic carbocycles. The lowest BCUT2D eigenvalue weighted by Crippen LogP contribution is -2.18. The van der Waals surface area contributed by atoms with Gasteiger partial charge < -0.3 is 9.73 Å². The molecule has 1 heterocycles. The maximum Gasteiger partial charge on any atom is 0.159 e. The molecule has 2 nitrogen and oxygen atoms in total. The molecule has 2 aromatic rings. The molecule has 1 aromatic heterocycles. The first-order valence-corrected chi connectivity index (χ1v) is 7.31. The highest BCUT2D eigenvalue weighted by Crippen LogP contribution is 2.47. The van der Waals surface area contributed by atoms with E-state index >= 15 is 0 Å².